The van der Waals surface area contributed by atoms with Gasteiger partial charge in [-0.1, -0.05) is 18.2 Å². The van der Waals surface area contributed by atoms with E-state index in [2.05, 4.69) is 5.16 Å². The minimum atomic E-state index is -4.46. The van der Waals surface area contributed by atoms with Crippen molar-refractivity contribution in [1.29, 1.82) is 0 Å². The highest BCUT2D eigenvalue weighted by molar-refractivity contribution is 5.85. The number of nitrogens with two attached hydrogens (primary N) is 1. The number of alkyl halides is 3. The maximum absolute atomic E-state index is 12.8. The molecule has 0 aliphatic heterocycles. The summed E-state index contributed by atoms with van der Waals surface area (Å²) >= 11 is 0. The summed E-state index contributed by atoms with van der Waals surface area (Å²) in [5.74, 6) is 0.109. The van der Waals surface area contributed by atoms with Crippen molar-refractivity contribution in [2.45, 2.75) is 6.18 Å². The van der Waals surface area contributed by atoms with Gasteiger partial charge in [0.1, 0.15) is 6.61 Å². The fourth-order valence-electron chi connectivity index (χ4n) is 1.56. The summed E-state index contributed by atoms with van der Waals surface area (Å²) in [6, 6.07) is 6.41. The van der Waals surface area contributed by atoms with Crippen LogP contribution in [0.25, 0.3) is 11.3 Å². The highest BCUT2D eigenvalue weighted by Crippen LogP contribution is 2.37. The van der Waals surface area contributed by atoms with Crippen LogP contribution in [0.5, 0.6) is 5.88 Å². The van der Waals surface area contributed by atoms with E-state index in [0.29, 0.717) is 0 Å². The summed E-state index contributed by atoms with van der Waals surface area (Å²) in [7, 11) is 0. The van der Waals surface area contributed by atoms with Gasteiger partial charge in [0.15, 0.2) is 5.76 Å². The molecule has 0 spiro atoms. The van der Waals surface area contributed by atoms with Crippen molar-refractivity contribution in [2.24, 2.45) is 5.73 Å². The normalized spacial score (nSPS) is 11.0. The van der Waals surface area contributed by atoms with Crippen LogP contribution in [0.15, 0.2) is 34.9 Å². The van der Waals surface area contributed by atoms with Gasteiger partial charge in [-0.05, 0) is 11.2 Å². The largest absolute Gasteiger partial charge is 0.474 e. The summed E-state index contributed by atoms with van der Waals surface area (Å²) in [6.07, 6.45) is -4.46. The molecule has 0 bridgehead atoms. The lowest BCUT2D eigenvalue weighted by Gasteiger charge is -2.09. The van der Waals surface area contributed by atoms with Crippen LogP contribution in [0, 0.1) is 0 Å². The molecule has 0 atom stereocenters. The molecule has 8 heteroatoms. The number of halogens is 4. The summed E-state index contributed by atoms with van der Waals surface area (Å²) in [5, 5.41) is 3.53. The average Bonchev–Trinajstić information content (AvgIpc) is 2.84. The smallest absolute Gasteiger partial charge is 0.417 e. The van der Waals surface area contributed by atoms with E-state index in [1.165, 1.54) is 24.3 Å². The Bertz CT molecular complexity index is 558. The third-order valence-corrected chi connectivity index (χ3v) is 2.35. The quantitative estimate of drug-likeness (QED) is 0.942. The first-order valence-electron chi connectivity index (χ1n) is 5.48. The molecule has 2 rings (SSSR count). The van der Waals surface area contributed by atoms with Crippen molar-refractivity contribution >= 4 is 12.4 Å². The van der Waals surface area contributed by atoms with Crippen LogP contribution in [0.4, 0.5) is 13.2 Å². The van der Waals surface area contributed by atoms with E-state index >= 15 is 0 Å². The van der Waals surface area contributed by atoms with Crippen LogP contribution >= 0.6 is 12.4 Å². The third-order valence-electron chi connectivity index (χ3n) is 2.35. The Morgan fingerprint density at radius 1 is 1.25 bits per heavy atom. The molecule has 0 saturated heterocycles. The van der Waals surface area contributed by atoms with Crippen LogP contribution < -0.4 is 10.5 Å². The van der Waals surface area contributed by atoms with E-state index in [-0.39, 0.29) is 42.8 Å². The highest BCUT2D eigenvalue weighted by Gasteiger charge is 2.34. The molecule has 0 saturated carbocycles. The molecule has 1 heterocycles. The predicted octanol–water partition coefficient (Wildman–Crippen LogP) is 3.12. The third kappa shape index (κ3) is 3.64. The molecular weight excluding hydrogens is 297 g/mol. The molecule has 0 aliphatic carbocycles. The van der Waals surface area contributed by atoms with Crippen molar-refractivity contribution in [2.75, 3.05) is 13.2 Å². The molecule has 20 heavy (non-hydrogen) atoms. The number of benzene rings is 1. The van der Waals surface area contributed by atoms with Gasteiger partial charge in [0.25, 0.3) is 5.88 Å². The Kier molecular flexibility index (Phi) is 5.41. The lowest BCUT2D eigenvalue weighted by Crippen LogP contribution is -2.10. The molecule has 0 unspecified atom stereocenters. The van der Waals surface area contributed by atoms with Gasteiger partial charge in [-0.25, -0.2) is 0 Å². The molecule has 4 nitrogen and oxygen atoms in total. The standard InChI is InChI=1S/C12H11F3N2O2.ClH/c13-12(14,15)9-4-2-1-3-8(9)10-7-11(17-19-10)18-6-5-16;/h1-4,7H,5-6,16H2;1H. The first kappa shape index (κ1) is 16.3. The van der Waals surface area contributed by atoms with Crippen LogP contribution in [-0.4, -0.2) is 18.3 Å². The second-order valence-corrected chi connectivity index (χ2v) is 3.71. The summed E-state index contributed by atoms with van der Waals surface area (Å²) in [6.45, 7) is 0.494. The van der Waals surface area contributed by atoms with Gasteiger partial charge in [-0.2, -0.15) is 13.2 Å². The minimum absolute atomic E-state index is 0. The Labute approximate surface area is 119 Å². The molecule has 2 N–H and O–H groups in total. The first-order chi connectivity index (χ1) is 9.02. The molecule has 2 aromatic rings. The van der Waals surface area contributed by atoms with Gasteiger partial charge in [-0.3, -0.25) is 0 Å². The fraction of sp³-hybridized carbons (Fsp3) is 0.250. The summed E-state index contributed by atoms with van der Waals surface area (Å²) in [5.41, 5.74) is 4.38. The number of nitrogens with zero attached hydrogens (tertiary/aromatic N) is 1. The molecule has 0 aliphatic rings. The van der Waals surface area contributed by atoms with Crippen LogP contribution in [0.3, 0.4) is 0 Å². The van der Waals surface area contributed by atoms with Crippen LogP contribution in [0.1, 0.15) is 5.56 Å². The zero-order valence-electron chi connectivity index (χ0n) is 10.2. The van der Waals surface area contributed by atoms with Crippen molar-refractivity contribution in [3.8, 4) is 17.2 Å². The Morgan fingerprint density at radius 3 is 2.60 bits per heavy atom. The predicted molar refractivity (Wildman–Crippen MR) is 68.7 cm³/mol. The maximum atomic E-state index is 12.8. The van der Waals surface area contributed by atoms with Crippen molar-refractivity contribution in [3.05, 3.63) is 35.9 Å². The zero-order valence-corrected chi connectivity index (χ0v) is 11.0. The van der Waals surface area contributed by atoms with E-state index in [1.54, 1.807) is 0 Å². The van der Waals surface area contributed by atoms with Gasteiger partial charge in [-0.15, -0.1) is 12.4 Å². The second kappa shape index (κ2) is 6.62. The van der Waals surface area contributed by atoms with Crippen LogP contribution in [-0.2, 0) is 6.18 Å². The van der Waals surface area contributed by atoms with E-state index in [9.17, 15) is 13.2 Å². The molecule has 110 valence electrons. The molecule has 0 amide bonds. The first-order valence-corrected chi connectivity index (χ1v) is 5.48. The number of ether oxygens (including phenoxy) is 1. The van der Waals surface area contributed by atoms with Gasteiger partial charge < -0.3 is 15.0 Å². The van der Waals surface area contributed by atoms with E-state index in [1.807, 2.05) is 0 Å². The molecule has 0 radical (unpaired) electrons. The van der Waals surface area contributed by atoms with Gasteiger partial charge >= 0.3 is 6.18 Å². The SMILES string of the molecule is Cl.NCCOc1cc(-c2ccccc2C(F)(F)F)on1. The summed E-state index contributed by atoms with van der Waals surface area (Å²) in [4.78, 5) is 0. The Hall–Kier alpha value is -1.73. The van der Waals surface area contributed by atoms with Crippen LogP contribution in [0.2, 0.25) is 0 Å². The van der Waals surface area contributed by atoms with E-state index in [0.717, 1.165) is 6.07 Å². The summed E-state index contributed by atoms with van der Waals surface area (Å²) < 4.78 is 48.4. The minimum Gasteiger partial charge on any atom is -0.474 e. The Balaban J connectivity index is 0.00000200. The van der Waals surface area contributed by atoms with Gasteiger partial charge in [0, 0.05) is 18.2 Å². The van der Waals surface area contributed by atoms with E-state index < -0.39 is 11.7 Å². The van der Waals surface area contributed by atoms with Gasteiger partial charge in [0.05, 0.1) is 5.56 Å². The average molecular weight is 309 g/mol. The van der Waals surface area contributed by atoms with E-state index in [4.69, 9.17) is 15.0 Å². The number of hydrogen-bond donors (Lipinski definition) is 1. The number of rotatable bonds is 4. The second-order valence-electron chi connectivity index (χ2n) is 3.71. The lowest BCUT2D eigenvalue weighted by atomic mass is 10.1. The lowest BCUT2D eigenvalue weighted by molar-refractivity contribution is -0.137. The van der Waals surface area contributed by atoms with Crippen molar-refractivity contribution < 1.29 is 22.4 Å². The molecule has 0 fully saturated rings. The highest BCUT2D eigenvalue weighted by atomic mass is 35.5. The topological polar surface area (TPSA) is 61.3 Å². The number of hydrogen-bond acceptors (Lipinski definition) is 4. The molecular formula is C12H12ClF3N2O2. The molecule has 1 aromatic carbocycles. The monoisotopic (exact) mass is 308 g/mol. The van der Waals surface area contributed by atoms with Crippen molar-refractivity contribution in [1.82, 2.24) is 5.16 Å². The maximum Gasteiger partial charge on any atom is 0.417 e. The van der Waals surface area contributed by atoms with Crippen molar-refractivity contribution in [3.63, 3.8) is 0 Å². The molecule has 1 aromatic heterocycles. The number of aromatic nitrogens is 1. The van der Waals surface area contributed by atoms with Gasteiger partial charge in [0.2, 0.25) is 0 Å². The zero-order chi connectivity index (χ0) is 13.9. The fourth-order valence-corrected chi connectivity index (χ4v) is 1.56. The Morgan fingerprint density at radius 2 is 1.95 bits per heavy atom.